The predicted octanol–water partition coefficient (Wildman–Crippen LogP) is 3.64. The van der Waals surface area contributed by atoms with Gasteiger partial charge in [0, 0.05) is 42.6 Å². The molecular weight excluding hydrogens is 381 g/mol. The molecule has 0 aromatic heterocycles. The van der Waals surface area contributed by atoms with E-state index < -0.39 is 11.7 Å². The van der Waals surface area contributed by atoms with Gasteiger partial charge >= 0.3 is 0 Å². The lowest BCUT2D eigenvalue weighted by atomic mass is 10.2. The van der Waals surface area contributed by atoms with E-state index in [1.54, 1.807) is 16.7 Å². The van der Waals surface area contributed by atoms with Gasteiger partial charge in [-0.25, -0.2) is 4.39 Å². The summed E-state index contributed by atoms with van der Waals surface area (Å²) < 4.78 is 13.7. The second kappa shape index (κ2) is 8.88. The zero-order valence-electron chi connectivity index (χ0n) is 15.3. The summed E-state index contributed by atoms with van der Waals surface area (Å²) in [5, 5.41) is 4.99. The van der Waals surface area contributed by atoms with Gasteiger partial charge < -0.3 is 15.5 Å². The number of carbonyl (C=O) groups is 3. The Morgan fingerprint density at radius 3 is 2.68 bits per heavy atom. The zero-order valence-corrected chi connectivity index (χ0v) is 16.1. The van der Waals surface area contributed by atoms with E-state index in [4.69, 9.17) is 0 Å². The van der Waals surface area contributed by atoms with Crippen molar-refractivity contribution in [1.82, 2.24) is 0 Å². The average Bonchev–Trinajstić information content (AvgIpc) is 2.68. The molecule has 3 rings (SSSR count). The molecule has 8 heteroatoms. The lowest BCUT2D eigenvalue weighted by Gasteiger charge is -2.29. The molecule has 1 heterocycles. The van der Waals surface area contributed by atoms with Crippen molar-refractivity contribution in [3.05, 3.63) is 48.3 Å². The van der Waals surface area contributed by atoms with E-state index in [1.165, 1.54) is 19.1 Å². The zero-order chi connectivity index (χ0) is 20.1. The van der Waals surface area contributed by atoms with Crippen LogP contribution in [0.3, 0.4) is 0 Å². The van der Waals surface area contributed by atoms with Gasteiger partial charge in [0.15, 0.2) is 0 Å². The molecule has 0 unspecified atom stereocenters. The molecule has 0 saturated carbocycles. The van der Waals surface area contributed by atoms with Crippen molar-refractivity contribution in [1.29, 1.82) is 0 Å². The van der Waals surface area contributed by atoms with Crippen molar-refractivity contribution >= 4 is 46.5 Å². The van der Waals surface area contributed by atoms with Crippen LogP contribution in [0.25, 0.3) is 0 Å². The van der Waals surface area contributed by atoms with E-state index in [1.807, 2.05) is 24.3 Å². The van der Waals surface area contributed by atoms with Crippen LogP contribution in [0.1, 0.15) is 19.8 Å². The SMILES string of the molecule is CC(=O)Nc1cc(NC(=O)CCC(=O)N2CCSc3ccccc32)ccc1F. The highest BCUT2D eigenvalue weighted by Gasteiger charge is 2.23. The minimum atomic E-state index is -0.593. The van der Waals surface area contributed by atoms with E-state index in [2.05, 4.69) is 10.6 Å². The average molecular weight is 401 g/mol. The fourth-order valence-corrected chi connectivity index (χ4v) is 3.89. The van der Waals surface area contributed by atoms with Gasteiger partial charge in [0.05, 0.1) is 11.4 Å². The summed E-state index contributed by atoms with van der Waals surface area (Å²) in [6, 6.07) is 11.6. The second-order valence-corrected chi connectivity index (χ2v) is 7.42. The lowest BCUT2D eigenvalue weighted by molar-refractivity contribution is -0.122. The highest BCUT2D eigenvalue weighted by atomic mass is 32.2. The van der Waals surface area contributed by atoms with Gasteiger partial charge in [0.2, 0.25) is 17.7 Å². The first-order valence-corrected chi connectivity index (χ1v) is 9.82. The van der Waals surface area contributed by atoms with Crippen LogP contribution in [0.15, 0.2) is 47.4 Å². The monoisotopic (exact) mass is 401 g/mol. The molecule has 0 bridgehead atoms. The Kier molecular flexibility index (Phi) is 6.30. The Balaban J connectivity index is 1.58. The molecule has 2 aromatic carbocycles. The molecule has 0 spiro atoms. The van der Waals surface area contributed by atoms with Crippen molar-refractivity contribution in [3.63, 3.8) is 0 Å². The third kappa shape index (κ3) is 4.89. The van der Waals surface area contributed by atoms with E-state index in [-0.39, 0.29) is 30.3 Å². The van der Waals surface area contributed by atoms with Gasteiger partial charge in [0.25, 0.3) is 0 Å². The number of fused-ring (bicyclic) bond motifs is 1. The van der Waals surface area contributed by atoms with E-state index in [0.29, 0.717) is 12.2 Å². The topological polar surface area (TPSA) is 78.5 Å². The first-order chi connectivity index (χ1) is 13.4. The van der Waals surface area contributed by atoms with Crippen molar-refractivity contribution in [2.24, 2.45) is 0 Å². The number of nitrogens with one attached hydrogen (secondary N) is 2. The molecule has 1 aliphatic rings. The Morgan fingerprint density at radius 2 is 1.89 bits per heavy atom. The molecular formula is C20H20FN3O3S. The predicted molar refractivity (Wildman–Crippen MR) is 108 cm³/mol. The highest BCUT2D eigenvalue weighted by Crippen LogP contribution is 2.34. The molecule has 0 radical (unpaired) electrons. The summed E-state index contributed by atoms with van der Waals surface area (Å²) in [7, 11) is 0. The van der Waals surface area contributed by atoms with E-state index in [0.717, 1.165) is 22.4 Å². The largest absolute Gasteiger partial charge is 0.326 e. The Morgan fingerprint density at radius 1 is 1.11 bits per heavy atom. The number of hydrogen-bond donors (Lipinski definition) is 2. The van der Waals surface area contributed by atoms with Crippen LogP contribution in [0, 0.1) is 5.82 Å². The van der Waals surface area contributed by atoms with E-state index >= 15 is 0 Å². The van der Waals surface area contributed by atoms with Crippen LogP contribution < -0.4 is 15.5 Å². The van der Waals surface area contributed by atoms with Gasteiger partial charge in [-0.3, -0.25) is 14.4 Å². The molecule has 0 atom stereocenters. The maximum Gasteiger partial charge on any atom is 0.227 e. The lowest BCUT2D eigenvalue weighted by Crippen LogP contribution is -2.35. The van der Waals surface area contributed by atoms with Crippen molar-refractivity contribution in [2.75, 3.05) is 27.8 Å². The second-order valence-electron chi connectivity index (χ2n) is 6.29. The first kappa shape index (κ1) is 19.9. The molecule has 146 valence electrons. The minimum Gasteiger partial charge on any atom is -0.326 e. The summed E-state index contributed by atoms with van der Waals surface area (Å²) in [4.78, 5) is 38.7. The number of benzene rings is 2. The molecule has 0 saturated heterocycles. The molecule has 3 amide bonds. The quantitative estimate of drug-likeness (QED) is 0.802. The highest BCUT2D eigenvalue weighted by molar-refractivity contribution is 7.99. The number of para-hydroxylation sites is 1. The summed E-state index contributed by atoms with van der Waals surface area (Å²) in [5.41, 5.74) is 1.22. The first-order valence-electron chi connectivity index (χ1n) is 8.83. The normalized spacial score (nSPS) is 12.9. The summed E-state index contributed by atoms with van der Waals surface area (Å²) in [6.07, 6.45) is 0.0854. The molecule has 2 N–H and O–H groups in total. The third-order valence-electron chi connectivity index (χ3n) is 4.16. The summed E-state index contributed by atoms with van der Waals surface area (Å²) in [5.74, 6) is -0.650. The van der Waals surface area contributed by atoms with Crippen LogP contribution in [-0.2, 0) is 14.4 Å². The number of amides is 3. The molecule has 0 aliphatic carbocycles. The molecule has 1 aliphatic heterocycles. The van der Waals surface area contributed by atoms with Crippen LogP contribution in [0.4, 0.5) is 21.5 Å². The number of carbonyl (C=O) groups excluding carboxylic acids is 3. The number of nitrogens with zero attached hydrogens (tertiary/aromatic N) is 1. The van der Waals surface area contributed by atoms with Gasteiger partial charge in [-0.1, -0.05) is 12.1 Å². The fourth-order valence-electron chi connectivity index (χ4n) is 2.90. The Labute approximate surface area is 166 Å². The van der Waals surface area contributed by atoms with Gasteiger partial charge in [0.1, 0.15) is 5.82 Å². The molecule has 2 aromatic rings. The number of hydrogen-bond acceptors (Lipinski definition) is 4. The van der Waals surface area contributed by atoms with E-state index in [9.17, 15) is 18.8 Å². The molecule has 6 nitrogen and oxygen atoms in total. The maximum absolute atomic E-state index is 13.7. The van der Waals surface area contributed by atoms with Crippen LogP contribution in [-0.4, -0.2) is 30.0 Å². The van der Waals surface area contributed by atoms with Crippen LogP contribution >= 0.6 is 11.8 Å². The summed E-state index contributed by atoms with van der Waals surface area (Å²) >= 11 is 1.71. The molecule has 0 fully saturated rings. The smallest absolute Gasteiger partial charge is 0.227 e. The Bertz CT molecular complexity index is 919. The summed E-state index contributed by atoms with van der Waals surface area (Å²) in [6.45, 7) is 1.88. The number of anilines is 3. The van der Waals surface area contributed by atoms with Crippen LogP contribution in [0.5, 0.6) is 0 Å². The van der Waals surface area contributed by atoms with Gasteiger partial charge in [-0.15, -0.1) is 11.8 Å². The third-order valence-corrected chi connectivity index (χ3v) is 5.20. The van der Waals surface area contributed by atoms with Crippen molar-refractivity contribution in [2.45, 2.75) is 24.7 Å². The number of thioether (sulfide) groups is 1. The Hall–Kier alpha value is -2.87. The number of halogens is 1. The van der Waals surface area contributed by atoms with Gasteiger partial charge in [-0.2, -0.15) is 0 Å². The standard InChI is InChI=1S/C20H20FN3O3S/c1-13(25)22-16-12-14(6-7-15(16)21)23-19(26)8-9-20(27)24-10-11-28-18-5-3-2-4-17(18)24/h2-7,12H,8-11H2,1H3,(H,22,25)(H,23,26). The maximum atomic E-state index is 13.7. The van der Waals surface area contributed by atoms with Crippen molar-refractivity contribution < 1.29 is 18.8 Å². The van der Waals surface area contributed by atoms with Crippen LogP contribution in [0.2, 0.25) is 0 Å². The molecule has 28 heavy (non-hydrogen) atoms. The minimum absolute atomic E-state index is 0.0104. The van der Waals surface area contributed by atoms with Gasteiger partial charge in [-0.05, 0) is 30.3 Å². The van der Waals surface area contributed by atoms with Crippen molar-refractivity contribution in [3.8, 4) is 0 Å². The number of rotatable bonds is 5. The fraction of sp³-hybridized carbons (Fsp3) is 0.250.